The molecule has 4 heteroatoms. The van der Waals surface area contributed by atoms with Crippen molar-refractivity contribution in [1.29, 1.82) is 0 Å². The smallest absolute Gasteiger partial charge is 0.185 e. The molecule has 3 nitrogen and oxygen atoms in total. The Morgan fingerprint density at radius 2 is 1.72 bits per heavy atom. The van der Waals surface area contributed by atoms with Gasteiger partial charge in [0.1, 0.15) is 6.61 Å². The van der Waals surface area contributed by atoms with E-state index in [1.807, 2.05) is 80.6 Å². The van der Waals surface area contributed by atoms with E-state index in [-0.39, 0.29) is 5.78 Å². The van der Waals surface area contributed by atoms with Crippen LogP contribution < -0.4 is 9.47 Å². The van der Waals surface area contributed by atoms with Crippen molar-refractivity contribution in [3.63, 3.8) is 0 Å². The first-order chi connectivity index (χ1) is 14.1. The Kier molecular flexibility index (Phi) is 7.25. The Labute approximate surface area is 180 Å². The molecular formula is C25H23BrO3. The molecule has 0 aromatic heterocycles. The monoisotopic (exact) mass is 450 g/mol. The quantitative estimate of drug-likeness (QED) is 0.285. The van der Waals surface area contributed by atoms with Gasteiger partial charge in [0.2, 0.25) is 0 Å². The lowest BCUT2D eigenvalue weighted by Gasteiger charge is -2.15. The first kappa shape index (κ1) is 20.9. The number of halogens is 1. The van der Waals surface area contributed by atoms with Crippen molar-refractivity contribution in [2.75, 3.05) is 6.61 Å². The van der Waals surface area contributed by atoms with Gasteiger partial charge in [-0.2, -0.15) is 0 Å². The molecule has 3 aromatic carbocycles. The fourth-order valence-corrected chi connectivity index (χ4v) is 3.38. The molecule has 0 fully saturated rings. The number of carbonyl (C=O) groups is 1. The van der Waals surface area contributed by atoms with Gasteiger partial charge >= 0.3 is 0 Å². The van der Waals surface area contributed by atoms with Crippen molar-refractivity contribution in [1.82, 2.24) is 0 Å². The van der Waals surface area contributed by atoms with Crippen LogP contribution >= 0.6 is 15.9 Å². The lowest BCUT2D eigenvalue weighted by Crippen LogP contribution is -2.01. The van der Waals surface area contributed by atoms with Gasteiger partial charge in [-0.3, -0.25) is 4.79 Å². The summed E-state index contributed by atoms with van der Waals surface area (Å²) in [5, 5.41) is 0. The maximum atomic E-state index is 12.4. The highest BCUT2D eigenvalue weighted by atomic mass is 79.9. The molecular weight excluding hydrogens is 428 g/mol. The third kappa shape index (κ3) is 5.81. The average Bonchev–Trinajstić information content (AvgIpc) is 2.73. The van der Waals surface area contributed by atoms with Crippen molar-refractivity contribution in [2.24, 2.45) is 0 Å². The molecule has 0 aliphatic heterocycles. The molecule has 0 saturated heterocycles. The van der Waals surface area contributed by atoms with E-state index in [2.05, 4.69) is 15.9 Å². The SMILES string of the molecule is CCOc1cc(/C=C/C(=O)c2ccc(C)cc2)cc(Br)c1OCc1ccccc1. The minimum Gasteiger partial charge on any atom is -0.490 e. The fraction of sp³-hybridized carbons (Fsp3) is 0.160. The molecule has 0 heterocycles. The number of aryl methyl sites for hydroxylation is 1. The lowest BCUT2D eigenvalue weighted by molar-refractivity contribution is 0.104. The number of hydrogen-bond acceptors (Lipinski definition) is 3. The predicted octanol–water partition coefficient (Wildman–Crippen LogP) is 6.63. The highest BCUT2D eigenvalue weighted by Gasteiger charge is 2.12. The number of ketones is 1. The zero-order valence-electron chi connectivity index (χ0n) is 16.5. The van der Waals surface area contributed by atoms with E-state index in [0.29, 0.717) is 30.3 Å². The van der Waals surface area contributed by atoms with E-state index in [0.717, 1.165) is 21.2 Å². The van der Waals surface area contributed by atoms with E-state index in [4.69, 9.17) is 9.47 Å². The third-order valence-electron chi connectivity index (χ3n) is 4.32. The summed E-state index contributed by atoms with van der Waals surface area (Å²) in [6.45, 7) is 4.89. The molecule has 3 aromatic rings. The van der Waals surface area contributed by atoms with E-state index >= 15 is 0 Å². The molecule has 0 bridgehead atoms. The molecule has 0 spiro atoms. The van der Waals surface area contributed by atoms with Gasteiger partial charge < -0.3 is 9.47 Å². The number of benzene rings is 3. The van der Waals surface area contributed by atoms with Crippen LogP contribution in [0.1, 0.15) is 34.0 Å². The van der Waals surface area contributed by atoms with E-state index in [1.54, 1.807) is 12.2 Å². The highest BCUT2D eigenvalue weighted by Crippen LogP contribution is 2.38. The van der Waals surface area contributed by atoms with Gasteiger partial charge in [0.15, 0.2) is 17.3 Å². The number of rotatable bonds is 8. The summed E-state index contributed by atoms with van der Waals surface area (Å²) in [6, 6.07) is 21.3. The Morgan fingerprint density at radius 3 is 2.41 bits per heavy atom. The Morgan fingerprint density at radius 1 is 1.00 bits per heavy atom. The van der Waals surface area contributed by atoms with Gasteiger partial charge in [-0.15, -0.1) is 0 Å². The second-order valence-electron chi connectivity index (χ2n) is 6.60. The topological polar surface area (TPSA) is 35.5 Å². The molecule has 3 rings (SSSR count). The van der Waals surface area contributed by atoms with Crippen molar-refractivity contribution in [3.05, 3.63) is 99.5 Å². The predicted molar refractivity (Wildman–Crippen MR) is 121 cm³/mol. The van der Waals surface area contributed by atoms with Crippen LogP contribution in [0.4, 0.5) is 0 Å². The van der Waals surface area contributed by atoms with Gasteiger partial charge in [0, 0.05) is 5.56 Å². The van der Waals surface area contributed by atoms with Gasteiger partial charge in [-0.1, -0.05) is 66.2 Å². The summed E-state index contributed by atoms with van der Waals surface area (Å²) >= 11 is 3.58. The zero-order valence-corrected chi connectivity index (χ0v) is 18.1. The molecule has 0 saturated carbocycles. The normalized spacial score (nSPS) is 10.9. The van der Waals surface area contributed by atoms with Crippen LogP contribution in [0.15, 0.2) is 77.3 Å². The Hall–Kier alpha value is -2.85. The van der Waals surface area contributed by atoms with Crippen molar-refractivity contribution >= 4 is 27.8 Å². The maximum Gasteiger partial charge on any atom is 0.185 e. The molecule has 0 aliphatic carbocycles. The molecule has 0 atom stereocenters. The minimum atomic E-state index is -0.0384. The van der Waals surface area contributed by atoms with Crippen molar-refractivity contribution in [2.45, 2.75) is 20.5 Å². The van der Waals surface area contributed by atoms with Crippen LogP contribution in [0, 0.1) is 6.92 Å². The van der Waals surface area contributed by atoms with E-state index < -0.39 is 0 Å². The van der Waals surface area contributed by atoms with E-state index in [9.17, 15) is 4.79 Å². The summed E-state index contributed by atoms with van der Waals surface area (Å²) in [5.74, 6) is 1.25. The molecule has 0 N–H and O–H groups in total. The summed E-state index contributed by atoms with van der Waals surface area (Å²) in [6.07, 6.45) is 3.36. The zero-order chi connectivity index (χ0) is 20.6. The van der Waals surface area contributed by atoms with Crippen LogP contribution in [-0.2, 0) is 6.61 Å². The molecule has 29 heavy (non-hydrogen) atoms. The van der Waals surface area contributed by atoms with Crippen molar-refractivity contribution < 1.29 is 14.3 Å². The average molecular weight is 451 g/mol. The summed E-state index contributed by atoms with van der Waals surface area (Å²) in [4.78, 5) is 12.4. The lowest BCUT2D eigenvalue weighted by atomic mass is 10.1. The second kappa shape index (κ2) is 10.1. The molecule has 0 radical (unpaired) electrons. The van der Waals surface area contributed by atoms with E-state index in [1.165, 1.54) is 0 Å². The van der Waals surface area contributed by atoms with Crippen molar-refractivity contribution in [3.8, 4) is 11.5 Å². The van der Waals surface area contributed by atoms with Gasteiger partial charge in [-0.25, -0.2) is 0 Å². The van der Waals surface area contributed by atoms with Crippen LogP contribution in [0.2, 0.25) is 0 Å². The summed E-state index contributed by atoms with van der Waals surface area (Å²) in [7, 11) is 0. The number of carbonyl (C=O) groups excluding carboxylic acids is 1. The number of ether oxygens (including phenoxy) is 2. The largest absolute Gasteiger partial charge is 0.490 e. The van der Waals surface area contributed by atoms with Crippen LogP contribution in [0.5, 0.6) is 11.5 Å². The second-order valence-corrected chi connectivity index (χ2v) is 7.46. The Balaban J connectivity index is 1.79. The van der Waals surface area contributed by atoms with Gasteiger partial charge in [0.05, 0.1) is 11.1 Å². The fourth-order valence-electron chi connectivity index (χ4n) is 2.80. The van der Waals surface area contributed by atoms with Gasteiger partial charge in [0.25, 0.3) is 0 Å². The van der Waals surface area contributed by atoms with Crippen LogP contribution in [0.3, 0.4) is 0 Å². The summed E-state index contributed by atoms with van der Waals surface area (Å²) in [5.41, 5.74) is 3.73. The third-order valence-corrected chi connectivity index (χ3v) is 4.91. The molecule has 0 unspecified atom stereocenters. The molecule has 0 amide bonds. The molecule has 148 valence electrons. The first-order valence-corrected chi connectivity index (χ1v) is 10.3. The van der Waals surface area contributed by atoms with Crippen LogP contribution in [-0.4, -0.2) is 12.4 Å². The molecule has 0 aliphatic rings. The minimum absolute atomic E-state index is 0.0384. The Bertz CT molecular complexity index is 993. The number of allylic oxidation sites excluding steroid dienone is 1. The van der Waals surface area contributed by atoms with Gasteiger partial charge in [-0.05, 0) is 59.1 Å². The highest BCUT2D eigenvalue weighted by molar-refractivity contribution is 9.10. The standard InChI is InChI=1S/C25H23BrO3/c1-3-28-24-16-20(11-14-23(27)21-12-9-18(2)10-13-21)15-22(26)25(24)29-17-19-7-5-4-6-8-19/h4-16H,3,17H2,1-2H3/b14-11+. The summed E-state index contributed by atoms with van der Waals surface area (Å²) < 4.78 is 12.6. The first-order valence-electron chi connectivity index (χ1n) is 9.49. The van der Waals surface area contributed by atoms with Crippen LogP contribution in [0.25, 0.3) is 6.08 Å². The number of hydrogen-bond donors (Lipinski definition) is 0. The maximum absolute atomic E-state index is 12.4.